The minimum absolute atomic E-state index is 0.703. The van der Waals surface area contributed by atoms with Crippen LogP contribution in [0.1, 0.15) is 37.2 Å². The van der Waals surface area contributed by atoms with Crippen LogP contribution in [0.2, 0.25) is 0 Å². The molecule has 2 bridgehead atoms. The molecule has 3 atom stereocenters. The Kier molecular flexibility index (Phi) is 3.19. The van der Waals surface area contributed by atoms with Crippen molar-refractivity contribution in [1.82, 2.24) is 0 Å². The summed E-state index contributed by atoms with van der Waals surface area (Å²) in [5, 5.41) is 1.85. The molecule has 4 rings (SSSR count). The first kappa shape index (κ1) is 12.9. The summed E-state index contributed by atoms with van der Waals surface area (Å²) in [6.07, 6.45) is 5.62. The first-order valence-electron chi connectivity index (χ1n) is 8.01. The predicted octanol–water partition coefficient (Wildman–Crippen LogP) is 4.60. The molecule has 2 N–H and O–H groups in total. The maximum Gasteiger partial charge on any atom is 0.0610 e. The Morgan fingerprint density at radius 1 is 0.857 bits per heavy atom. The summed E-state index contributed by atoms with van der Waals surface area (Å²) in [5.74, 6) is 8.95. The highest BCUT2D eigenvalue weighted by Gasteiger charge is 2.41. The van der Waals surface area contributed by atoms with Crippen molar-refractivity contribution in [3.8, 4) is 0 Å². The lowest BCUT2D eigenvalue weighted by Gasteiger charge is -2.28. The lowest BCUT2D eigenvalue weighted by atomic mass is 9.82. The number of fused-ring (bicyclic) bond motifs is 2. The van der Waals surface area contributed by atoms with Gasteiger partial charge in [0.2, 0.25) is 0 Å². The average Bonchev–Trinajstić information content (AvgIpc) is 3.18. The number of para-hydroxylation sites is 2. The number of hydrogen-bond donors (Lipinski definition) is 1. The second-order valence-electron chi connectivity index (χ2n) is 6.55. The van der Waals surface area contributed by atoms with Crippen molar-refractivity contribution in [2.75, 3.05) is 5.01 Å². The fourth-order valence-electron chi connectivity index (χ4n) is 4.37. The molecule has 0 aliphatic heterocycles. The zero-order valence-electron chi connectivity index (χ0n) is 12.3. The standard InChI is InChI=1S/C19H22N2/c20-21(16-6-2-1-3-7-16)19-9-5-4-8-17(19)18-13-14-10-11-15(18)12-14/h1-9,14-15,18H,10-13,20H2. The molecule has 2 nitrogen and oxygen atoms in total. The van der Waals surface area contributed by atoms with Gasteiger partial charge in [-0.2, -0.15) is 0 Å². The topological polar surface area (TPSA) is 29.3 Å². The van der Waals surface area contributed by atoms with E-state index in [0.717, 1.165) is 17.5 Å². The zero-order valence-corrected chi connectivity index (χ0v) is 12.3. The number of hydrazine groups is 1. The third-order valence-electron chi connectivity index (χ3n) is 5.37. The van der Waals surface area contributed by atoms with Gasteiger partial charge in [0.25, 0.3) is 0 Å². The molecule has 2 saturated carbocycles. The minimum atomic E-state index is 0.703. The van der Waals surface area contributed by atoms with Crippen molar-refractivity contribution in [3.05, 3.63) is 60.2 Å². The Morgan fingerprint density at radius 2 is 1.62 bits per heavy atom. The largest absolute Gasteiger partial charge is 0.279 e. The van der Waals surface area contributed by atoms with Crippen molar-refractivity contribution in [2.24, 2.45) is 17.7 Å². The van der Waals surface area contributed by atoms with E-state index in [-0.39, 0.29) is 0 Å². The van der Waals surface area contributed by atoms with E-state index in [2.05, 4.69) is 36.4 Å². The summed E-state index contributed by atoms with van der Waals surface area (Å²) in [4.78, 5) is 0. The molecule has 0 spiro atoms. The summed E-state index contributed by atoms with van der Waals surface area (Å²) in [6, 6.07) is 18.9. The molecule has 21 heavy (non-hydrogen) atoms. The lowest BCUT2D eigenvalue weighted by molar-refractivity contribution is 0.420. The van der Waals surface area contributed by atoms with E-state index >= 15 is 0 Å². The van der Waals surface area contributed by atoms with Crippen LogP contribution < -0.4 is 10.9 Å². The van der Waals surface area contributed by atoms with Crippen LogP contribution in [-0.2, 0) is 0 Å². The molecule has 108 valence electrons. The van der Waals surface area contributed by atoms with Crippen LogP contribution in [0.5, 0.6) is 0 Å². The molecule has 0 heterocycles. The summed E-state index contributed by atoms with van der Waals surface area (Å²) < 4.78 is 0. The number of benzene rings is 2. The molecule has 0 amide bonds. The van der Waals surface area contributed by atoms with Crippen LogP contribution in [0.4, 0.5) is 11.4 Å². The SMILES string of the molecule is NN(c1ccccc1)c1ccccc1C1CC2CCC1C2. The number of nitrogens with zero attached hydrogens (tertiary/aromatic N) is 1. The highest BCUT2D eigenvalue weighted by molar-refractivity contribution is 5.65. The van der Waals surface area contributed by atoms with E-state index in [1.54, 1.807) is 0 Å². The number of hydrogen-bond acceptors (Lipinski definition) is 2. The van der Waals surface area contributed by atoms with Gasteiger partial charge >= 0.3 is 0 Å². The quantitative estimate of drug-likeness (QED) is 0.656. The molecular formula is C19H22N2. The highest BCUT2D eigenvalue weighted by Crippen LogP contribution is 2.54. The van der Waals surface area contributed by atoms with Crippen molar-refractivity contribution < 1.29 is 0 Å². The predicted molar refractivity (Wildman–Crippen MR) is 87.4 cm³/mol. The average molecular weight is 278 g/mol. The first-order chi connectivity index (χ1) is 10.3. The summed E-state index contributed by atoms with van der Waals surface area (Å²) in [7, 11) is 0. The Morgan fingerprint density at radius 3 is 2.33 bits per heavy atom. The van der Waals surface area contributed by atoms with E-state index in [4.69, 9.17) is 5.84 Å². The van der Waals surface area contributed by atoms with E-state index < -0.39 is 0 Å². The summed E-state index contributed by atoms with van der Waals surface area (Å²) in [5.41, 5.74) is 3.66. The molecule has 0 radical (unpaired) electrons. The van der Waals surface area contributed by atoms with Gasteiger partial charge in [-0.1, -0.05) is 42.8 Å². The zero-order chi connectivity index (χ0) is 14.2. The molecule has 3 unspecified atom stereocenters. The van der Waals surface area contributed by atoms with Gasteiger partial charge in [-0.3, -0.25) is 5.01 Å². The maximum absolute atomic E-state index is 6.42. The van der Waals surface area contributed by atoms with Crippen LogP contribution in [0, 0.1) is 11.8 Å². The van der Waals surface area contributed by atoms with Gasteiger partial charge in [-0.25, -0.2) is 5.84 Å². The highest BCUT2D eigenvalue weighted by atomic mass is 15.4. The van der Waals surface area contributed by atoms with Crippen LogP contribution in [-0.4, -0.2) is 0 Å². The van der Waals surface area contributed by atoms with E-state index in [1.807, 2.05) is 23.2 Å². The molecule has 2 aliphatic rings. The fourth-order valence-corrected chi connectivity index (χ4v) is 4.37. The molecule has 2 aromatic carbocycles. The third kappa shape index (κ3) is 2.24. The van der Waals surface area contributed by atoms with E-state index in [9.17, 15) is 0 Å². The Hall–Kier alpha value is -1.80. The van der Waals surface area contributed by atoms with Crippen molar-refractivity contribution in [1.29, 1.82) is 0 Å². The normalized spacial score (nSPS) is 27.0. The van der Waals surface area contributed by atoms with Crippen LogP contribution in [0.15, 0.2) is 54.6 Å². The van der Waals surface area contributed by atoms with Gasteiger partial charge in [-0.05, 0) is 60.8 Å². The van der Waals surface area contributed by atoms with Gasteiger partial charge in [0.05, 0.1) is 11.4 Å². The molecule has 2 fully saturated rings. The van der Waals surface area contributed by atoms with Crippen molar-refractivity contribution in [3.63, 3.8) is 0 Å². The summed E-state index contributed by atoms with van der Waals surface area (Å²) in [6.45, 7) is 0. The smallest absolute Gasteiger partial charge is 0.0610 e. The lowest BCUT2D eigenvalue weighted by Crippen LogP contribution is -2.27. The van der Waals surface area contributed by atoms with E-state index in [1.165, 1.54) is 36.9 Å². The maximum atomic E-state index is 6.42. The first-order valence-corrected chi connectivity index (χ1v) is 8.01. The number of nitrogens with two attached hydrogens (primary N) is 1. The molecule has 2 aromatic rings. The molecule has 0 aromatic heterocycles. The van der Waals surface area contributed by atoms with Crippen molar-refractivity contribution >= 4 is 11.4 Å². The molecule has 2 aliphatic carbocycles. The second kappa shape index (κ2) is 5.19. The molecule has 0 saturated heterocycles. The van der Waals surface area contributed by atoms with Crippen LogP contribution in [0.25, 0.3) is 0 Å². The van der Waals surface area contributed by atoms with Gasteiger partial charge in [0.1, 0.15) is 0 Å². The third-order valence-corrected chi connectivity index (χ3v) is 5.37. The fraction of sp³-hybridized carbons (Fsp3) is 0.368. The van der Waals surface area contributed by atoms with Crippen LogP contribution in [0.3, 0.4) is 0 Å². The number of rotatable bonds is 3. The Balaban J connectivity index is 1.70. The van der Waals surface area contributed by atoms with Gasteiger partial charge in [0, 0.05) is 0 Å². The van der Waals surface area contributed by atoms with Gasteiger partial charge in [-0.15, -0.1) is 0 Å². The minimum Gasteiger partial charge on any atom is -0.279 e. The molecule has 2 heteroatoms. The second-order valence-corrected chi connectivity index (χ2v) is 6.55. The van der Waals surface area contributed by atoms with Crippen molar-refractivity contribution in [2.45, 2.75) is 31.6 Å². The van der Waals surface area contributed by atoms with Crippen LogP contribution >= 0.6 is 0 Å². The molecular weight excluding hydrogens is 256 g/mol. The summed E-state index contributed by atoms with van der Waals surface area (Å²) >= 11 is 0. The monoisotopic (exact) mass is 278 g/mol. The Labute approximate surface area is 126 Å². The van der Waals surface area contributed by atoms with Gasteiger partial charge in [0.15, 0.2) is 0 Å². The van der Waals surface area contributed by atoms with Gasteiger partial charge < -0.3 is 0 Å². The Bertz CT molecular complexity index is 622. The number of anilines is 2. The van der Waals surface area contributed by atoms with E-state index in [0.29, 0.717) is 5.92 Å².